The number of carbonyl (C=O) groups is 1. The molecule has 0 aliphatic carbocycles. The SMILES string of the molecule is CN(C)C(=O)CCNc1nc(Cl)nc(N2CCCCC2)n1. The first-order valence-corrected chi connectivity index (χ1v) is 7.54. The third-order valence-electron chi connectivity index (χ3n) is 3.36. The predicted molar refractivity (Wildman–Crippen MR) is 82.7 cm³/mol. The van der Waals surface area contributed by atoms with E-state index >= 15 is 0 Å². The summed E-state index contributed by atoms with van der Waals surface area (Å²) in [5.41, 5.74) is 0. The molecule has 1 amide bonds. The van der Waals surface area contributed by atoms with Crippen molar-refractivity contribution in [1.29, 1.82) is 0 Å². The lowest BCUT2D eigenvalue weighted by Gasteiger charge is -2.26. The summed E-state index contributed by atoms with van der Waals surface area (Å²) in [5, 5.41) is 3.20. The Bertz CT molecular complexity index is 490. The van der Waals surface area contributed by atoms with Gasteiger partial charge in [-0.15, -0.1) is 0 Å². The van der Waals surface area contributed by atoms with Crippen molar-refractivity contribution in [3.05, 3.63) is 5.28 Å². The van der Waals surface area contributed by atoms with Crippen molar-refractivity contribution < 1.29 is 4.79 Å². The molecular weight excluding hydrogens is 292 g/mol. The second-order valence-electron chi connectivity index (χ2n) is 5.24. The number of nitrogens with zero attached hydrogens (tertiary/aromatic N) is 5. The number of piperidine rings is 1. The van der Waals surface area contributed by atoms with Crippen molar-refractivity contribution >= 4 is 29.4 Å². The number of anilines is 2. The molecule has 116 valence electrons. The molecule has 0 radical (unpaired) electrons. The summed E-state index contributed by atoms with van der Waals surface area (Å²) in [6, 6.07) is 0. The Kier molecular flexibility index (Phi) is 5.55. The molecule has 8 heteroatoms. The number of aromatic nitrogens is 3. The fraction of sp³-hybridized carbons (Fsp3) is 0.692. The van der Waals surface area contributed by atoms with Gasteiger partial charge in [0.05, 0.1) is 0 Å². The van der Waals surface area contributed by atoms with Crippen LogP contribution >= 0.6 is 11.6 Å². The highest BCUT2D eigenvalue weighted by molar-refractivity contribution is 6.28. The lowest BCUT2D eigenvalue weighted by atomic mass is 10.1. The highest BCUT2D eigenvalue weighted by atomic mass is 35.5. The first-order valence-electron chi connectivity index (χ1n) is 7.17. The van der Waals surface area contributed by atoms with Crippen molar-refractivity contribution in [2.75, 3.05) is 43.9 Å². The molecule has 0 saturated carbocycles. The molecule has 1 aromatic rings. The van der Waals surface area contributed by atoms with Crippen LogP contribution in [0.5, 0.6) is 0 Å². The van der Waals surface area contributed by atoms with Crippen LogP contribution in [0.15, 0.2) is 0 Å². The Labute approximate surface area is 129 Å². The Balaban J connectivity index is 1.96. The molecule has 0 aromatic carbocycles. The number of hydrogen-bond donors (Lipinski definition) is 1. The molecule has 1 fully saturated rings. The van der Waals surface area contributed by atoms with Crippen LogP contribution in [0.3, 0.4) is 0 Å². The van der Waals surface area contributed by atoms with Gasteiger partial charge in [0.1, 0.15) is 0 Å². The van der Waals surface area contributed by atoms with Gasteiger partial charge in [-0.25, -0.2) is 0 Å². The van der Waals surface area contributed by atoms with Crippen molar-refractivity contribution in [2.45, 2.75) is 25.7 Å². The van der Waals surface area contributed by atoms with Crippen molar-refractivity contribution in [1.82, 2.24) is 19.9 Å². The fourth-order valence-corrected chi connectivity index (χ4v) is 2.31. The van der Waals surface area contributed by atoms with E-state index in [-0.39, 0.29) is 11.2 Å². The van der Waals surface area contributed by atoms with E-state index in [0.717, 1.165) is 25.9 Å². The molecule has 2 rings (SSSR count). The van der Waals surface area contributed by atoms with E-state index in [1.165, 1.54) is 6.42 Å². The summed E-state index contributed by atoms with van der Waals surface area (Å²) in [6.45, 7) is 2.36. The van der Waals surface area contributed by atoms with Gasteiger partial charge in [-0.2, -0.15) is 15.0 Å². The van der Waals surface area contributed by atoms with Gasteiger partial charge in [0.25, 0.3) is 0 Å². The smallest absolute Gasteiger partial charge is 0.231 e. The maximum absolute atomic E-state index is 11.5. The van der Waals surface area contributed by atoms with E-state index in [9.17, 15) is 4.79 Å². The number of hydrogen-bond acceptors (Lipinski definition) is 6. The molecule has 1 aliphatic heterocycles. The van der Waals surface area contributed by atoms with Gasteiger partial charge in [0, 0.05) is 40.2 Å². The summed E-state index contributed by atoms with van der Waals surface area (Å²) < 4.78 is 0. The van der Waals surface area contributed by atoms with Gasteiger partial charge in [-0.05, 0) is 30.9 Å². The van der Waals surface area contributed by atoms with Gasteiger partial charge >= 0.3 is 0 Å². The highest BCUT2D eigenvalue weighted by Crippen LogP contribution is 2.18. The van der Waals surface area contributed by atoms with Crippen molar-refractivity contribution in [2.24, 2.45) is 0 Å². The van der Waals surface area contributed by atoms with E-state index in [1.807, 2.05) is 0 Å². The first-order chi connectivity index (χ1) is 10.1. The minimum atomic E-state index is 0.0545. The third kappa shape index (κ3) is 4.70. The molecule has 1 N–H and O–H groups in total. The average Bonchev–Trinajstić information content (AvgIpc) is 2.47. The van der Waals surface area contributed by atoms with Crippen LogP contribution in [-0.2, 0) is 4.79 Å². The number of nitrogens with one attached hydrogen (secondary N) is 1. The van der Waals surface area contributed by atoms with Gasteiger partial charge in [0.15, 0.2) is 0 Å². The largest absolute Gasteiger partial charge is 0.354 e. The van der Waals surface area contributed by atoms with Gasteiger partial charge < -0.3 is 15.1 Å². The summed E-state index contributed by atoms with van der Waals surface area (Å²) in [7, 11) is 3.47. The third-order valence-corrected chi connectivity index (χ3v) is 3.53. The normalized spacial score (nSPS) is 14.9. The van der Waals surface area contributed by atoms with Crippen LogP contribution in [0.4, 0.5) is 11.9 Å². The second-order valence-corrected chi connectivity index (χ2v) is 5.58. The molecule has 1 aliphatic rings. The molecule has 7 nitrogen and oxygen atoms in total. The maximum atomic E-state index is 11.5. The van der Waals surface area contributed by atoms with Crippen molar-refractivity contribution in [3.63, 3.8) is 0 Å². The maximum Gasteiger partial charge on any atom is 0.231 e. The first kappa shape index (κ1) is 15.8. The topological polar surface area (TPSA) is 74.2 Å². The molecule has 2 heterocycles. The summed E-state index contributed by atoms with van der Waals surface area (Å²) in [5.74, 6) is 1.08. The number of rotatable bonds is 5. The number of carbonyl (C=O) groups excluding carboxylic acids is 1. The Morgan fingerprint density at radius 3 is 2.62 bits per heavy atom. The van der Waals surface area contributed by atoms with Crippen LogP contribution in [0.1, 0.15) is 25.7 Å². The van der Waals surface area contributed by atoms with Crippen LogP contribution in [-0.4, -0.2) is 59.5 Å². The average molecular weight is 313 g/mol. The minimum absolute atomic E-state index is 0.0545. The van der Waals surface area contributed by atoms with E-state index in [1.54, 1.807) is 19.0 Å². The molecule has 0 bridgehead atoms. The predicted octanol–water partition coefficient (Wildman–Crippen LogP) is 1.41. The standard InChI is InChI=1S/C13H21ClN6O/c1-19(2)10(21)6-7-15-12-16-11(14)17-13(18-12)20-8-4-3-5-9-20/h3-9H2,1-2H3,(H,15,16,17,18). The van der Waals surface area contributed by atoms with Crippen LogP contribution < -0.4 is 10.2 Å². The fourth-order valence-electron chi connectivity index (χ4n) is 2.16. The van der Waals surface area contributed by atoms with Crippen molar-refractivity contribution in [3.8, 4) is 0 Å². The Morgan fingerprint density at radius 2 is 1.95 bits per heavy atom. The van der Waals surface area contributed by atoms with Crippen LogP contribution in [0, 0.1) is 0 Å². The highest BCUT2D eigenvalue weighted by Gasteiger charge is 2.15. The van der Waals surface area contributed by atoms with Crippen LogP contribution in [0.25, 0.3) is 0 Å². The van der Waals surface area contributed by atoms with Gasteiger partial charge in [-0.3, -0.25) is 4.79 Å². The van der Waals surface area contributed by atoms with E-state index in [2.05, 4.69) is 25.2 Å². The van der Waals surface area contributed by atoms with Gasteiger partial charge in [0.2, 0.25) is 23.1 Å². The lowest BCUT2D eigenvalue weighted by molar-refractivity contribution is -0.128. The van der Waals surface area contributed by atoms with E-state index in [4.69, 9.17) is 11.6 Å². The lowest BCUT2D eigenvalue weighted by Crippen LogP contribution is -2.31. The summed E-state index contributed by atoms with van der Waals surface area (Å²) >= 11 is 5.96. The zero-order valence-corrected chi connectivity index (χ0v) is 13.2. The molecule has 0 spiro atoms. The molecule has 0 atom stereocenters. The number of amides is 1. The molecular formula is C13H21ClN6O. The molecule has 0 unspecified atom stereocenters. The molecule has 1 aromatic heterocycles. The van der Waals surface area contributed by atoms with E-state index in [0.29, 0.717) is 24.9 Å². The summed E-state index contributed by atoms with van der Waals surface area (Å²) in [4.78, 5) is 27.8. The zero-order chi connectivity index (χ0) is 15.2. The summed E-state index contributed by atoms with van der Waals surface area (Å²) in [6.07, 6.45) is 3.91. The molecule has 1 saturated heterocycles. The second kappa shape index (κ2) is 7.40. The molecule has 21 heavy (non-hydrogen) atoms. The number of halogens is 1. The van der Waals surface area contributed by atoms with Crippen LogP contribution in [0.2, 0.25) is 5.28 Å². The minimum Gasteiger partial charge on any atom is -0.354 e. The Morgan fingerprint density at radius 1 is 1.24 bits per heavy atom. The van der Waals surface area contributed by atoms with Gasteiger partial charge in [-0.1, -0.05) is 0 Å². The zero-order valence-electron chi connectivity index (χ0n) is 12.5. The Hall–Kier alpha value is -1.63. The monoisotopic (exact) mass is 312 g/mol. The van der Waals surface area contributed by atoms with E-state index < -0.39 is 0 Å². The quantitative estimate of drug-likeness (QED) is 0.886.